The highest BCUT2D eigenvalue weighted by Gasteiger charge is 2.17. The van der Waals surface area contributed by atoms with Gasteiger partial charge in [0.1, 0.15) is 18.6 Å². The van der Waals surface area contributed by atoms with Gasteiger partial charge >= 0.3 is 5.69 Å². The maximum atomic E-state index is 14.8. The van der Waals surface area contributed by atoms with Crippen LogP contribution in [0.15, 0.2) is 45.3 Å². The van der Waals surface area contributed by atoms with Crippen molar-refractivity contribution in [3.63, 3.8) is 0 Å². The van der Waals surface area contributed by atoms with E-state index in [2.05, 4.69) is 10.4 Å². The van der Waals surface area contributed by atoms with Crippen molar-refractivity contribution in [3.05, 3.63) is 73.1 Å². The summed E-state index contributed by atoms with van der Waals surface area (Å²) in [7, 11) is 0. The van der Waals surface area contributed by atoms with Crippen molar-refractivity contribution in [2.45, 2.75) is 13.8 Å². The number of nitrogens with zero attached hydrogens (tertiary/aromatic N) is 3. The molecule has 9 nitrogen and oxygen atoms in total. The Hall–Kier alpha value is -3.42. The van der Waals surface area contributed by atoms with Gasteiger partial charge in [0.05, 0.1) is 17.3 Å². The summed E-state index contributed by atoms with van der Waals surface area (Å²) in [5.74, 6) is -0.617. The van der Waals surface area contributed by atoms with Crippen LogP contribution < -0.4 is 21.3 Å². The molecule has 0 saturated carbocycles. The molecule has 2 heterocycles. The number of rotatable bonds is 4. The van der Waals surface area contributed by atoms with Crippen molar-refractivity contribution in [2.75, 3.05) is 13.3 Å². The monoisotopic (exact) mass is 433 g/mol. The second kappa shape index (κ2) is 8.94. The van der Waals surface area contributed by atoms with Gasteiger partial charge in [-0.25, -0.2) is 9.18 Å². The smallest absolute Gasteiger partial charge is 0.349 e. The molecule has 0 spiro atoms. The zero-order valence-corrected chi connectivity index (χ0v) is 16.8. The topological polar surface area (TPSA) is 122 Å². The number of hydrogen-bond acceptors (Lipinski definition) is 7. The van der Waals surface area contributed by atoms with Crippen molar-refractivity contribution in [2.24, 2.45) is 5.92 Å². The van der Waals surface area contributed by atoms with Gasteiger partial charge < -0.3 is 14.8 Å². The highest BCUT2D eigenvalue weighted by atomic mass is 35.5. The molecule has 1 aromatic heterocycles. The average molecular weight is 434 g/mol. The van der Waals surface area contributed by atoms with Gasteiger partial charge in [-0.15, -0.1) is 5.10 Å². The Morgan fingerprint density at radius 3 is 2.83 bits per heavy atom. The number of hydrogen-bond donors (Lipinski definition) is 2. The number of allylic oxidation sites excluding steroid dienone is 1. The molecule has 1 aliphatic rings. The molecule has 0 unspecified atom stereocenters. The summed E-state index contributed by atoms with van der Waals surface area (Å²) >= 11 is 6.19. The molecule has 2 N–H and O–H groups in total. The lowest BCUT2D eigenvalue weighted by atomic mass is 10.0. The summed E-state index contributed by atoms with van der Waals surface area (Å²) in [6.07, 6.45) is 3.26. The van der Waals surface area contributed by atoms with Crippen LogP contribution in [0.2, 0.25) is 5.02 Å². The lowest BCUT2D eigenvalue weighted by Gasteiger charge is -2.18. The summed E-state index contributed by atoms with van der Waals surface area (Å²) in [4.78, 5) is 25.4. The molecule has 0 amide bonds. The molecule has 0 saturated heterocycles. The highest BCUT2D eigenvalue weighted by molar-refractivity contribution is 6.32. The molecular formula is C19H17ClFN5O4. The van der Waals surface area contributed by atoms with Gasteiger partial charge in [-0.05, 0) is 23.6 Å². The first kappa shape index (κ1) is 21.3. The van der Waals surface area contributed by atoms with Gasteiger partial charge in [-0.3, -0.25) is 9.78 Å². The lowest BCUT2D eigenvalue weighted by Crippen LogP contribution is -2.33. The molecule has 3 rings (SSSR count). The standard InChI is InChI=1S/C19H17ClFN5O4/c1-10(2)11-3-13(7-23-9-29-8-11)30-17-14(20)4-12(5-15(17)21)26-19(28)24-18(27)16(6-22)25-26/h3-5,7,10,23H,8-9H2,1-2H3,(H,24,27,28)/b11-3+,13-7+. The Labute approximate surface area is 175 Å². The summed E-state index contributed by atoms with van der Waals surface area (Å²) in [6.45, 7) is 4.64. The molecular weight excluding hydrogens is 417 g/mol. The summed E-state index contributed by atoms with van der Waals surface area (Å²) < 4.78 is 26.6. The van der Waals surface area contributed by atoms with Crippen molar-refractivity contribution in [1.29, 1.82) is 5.26 Å². The minimum Gasteiger partial charge on any atom is -0.451 e. The second-order valence-corrected chi connectivity index (χ2v) is 7.00. The van der Waals surface area contributed by atoms with Crippen LogP contribution in [-0.4, -0.2) is 28.1 Å². The molecule has 0 radical (unpaired) electrons. The SMILES string of the molecule is CC(C)/C1=C/C(Oc2c(F)cc(-n3nc(C#N)c(=O)[nH]c3=O)cc2Cl)=C\NCOC1. The zero-order valence-electron chi connectivity index (χ0n) is 16.0. The van der Waals surface area contributed by atoms with Crippen molar-refractivity contribution >= 4 is 11.6 Å². The fraction of sp³-hybridized carbons (Fsp3) is 0.263. The summed E-state index contributed by atoms with van der Waals surface area (Å²) in [6, 6.07) is 3.75. The number of halogens is 2. The highest BCUT2D eigenvalue weighted by Crippen LogP contribution is 2.32. The average Bonchev–Trinajstić information content (AvgIpc) is 2.65. The first-order valence-corrected chi connectivity index (χ1v) is 9.20. The number of nitrogens with one attached hydrogen (secondary N) is 2. The fourth-order valence-corrected chi connectivity index (χ4v) is 2.80. The van der Waals surface area contributed by atoms with E-state index in [4.69, 9.17) is 26.3 Å². The minimum absolute atomic E-state index is 0.0841. The molecule has 30 heavy (non-hydrogen) atoms. The lowest BCUT2D eigenvalue weighted by molar-refractivity contribution is 0.139. The molecule has 11 heteroatoms. The van der Waals surface area contributed by atoms with E-state index in [0.717, 1.165) is 11.6 Å². The third kappa shape index (κ3) is 4.59. The van der Waals surface area contributed by atoms with E-state index in [0.29, 0.717) is 17.0 Å². The van der Waals surface area contributed by atoms with Crippen molar-refractivity contribution in [3.8, 4) is 17.5 Å². The van der Waals surface area contributed by atoms with Crippen LogP contribution in [-0.2, 0) is 4.74 Å². The molecule has 0 atom stereocenters. The van der Waals surface area contributed by atoms with Gasteiger partial charge in [0.2, 0.25) is 5.69 Å². The Bertz CT molecular complexity index is 1170. The van der Waals surface area contributed by atoms with Gasteiger partial charge in [-0.1, -0.05) is 25.4 Å². The zero-order chi connectivity index (χ0) is 21.8. The molecule has 0 fully saturated rings. The number of aromatic amines is 1. The Morgan fingerprint density at radius 1 is 1.40 bits per heavy atom. The molecule has 2 aromatic rings. The number of benzene rings is 1. The maximum Gasteiger partial charge on any atom is 0.349 e. The van der Waals surface area contributed by atoms with E-state index in [1.807, 2.05) is 18.8 Å². The normalized spacial score (nSPS) is 17.6. The maximum absolute atomic E-state index is 14.8. The van der Waals surface area contributed by atoms with Crippen LogP contribution in [0.25, 0.3) is 5.69 Å². The summed E-state index contributed by atoms with van der Waals surface area (Å²) in [5.41, 5.74) is -1.57. The minimum atomic E-state index is -0.945. The van der Waals surface area contributed by atoms with Crippen LogP contribution in [0.1, 0.15) is 19.5 Å². The summed E-state index contributed by atoms with van der Waals surface area (Å²) in [5, 5.41) is 15.3. The number of aromatic nitrogens is 3. The molecule has 156 valence electrons. The first-order chi connectivity index (χ1) is 14.3. The Kier molecular flexibility index (Phi) is 6.34. The van der Waals surface area contributed by atoms with E-state index in [-0.39, 0.29) is 29.1 Å². The van der Waals surface area contributed by atoms with E-state index >= 15 is 0 Å². The molecule has 1 aromatic carbocycles. The third-order valence-corrected chi connectivity index (χ3v) is 4.43. The van der Waals surface area contributed by atoms with Gasteiger partial charge in [-0.2, -0.15) is 9.94 Å². The van der Waals surface area contributed by atoms with Crippen LogP contribution in [0, 0.1) is 23.1 Å². The van der Waals surface area contributed by atoms with Crippen LogP contribution in [0.4, 0.5) is 4.39 Å². The van der Waals surface area contributed by atoms with Gasteiger partial charge in [0, 0.05) is 12.3 Å². The van der Waals surface area contributed by atoms with Crippen molar-refractivity contribution in [1.82, 2.24) is 20.1 Å². The van der Waals surface area contributed by atoms with E-state index in [1.54, 1.807) is 12.1 Å². The molecule has 0 aliphatic carbocycles. The quantitative estimate of drug-likeness (QED) is 0.755. The Balaban J connectivity index is 2.00. The van der Waals surface area contributed by atoms with E-state index in [1.165, 1.54) is 12.3 Å². The number of H-pyrrole nitrogens is 1. The van der Waals surface area contributed by atoms with Gasteiger partial charge in [0.25, 0.3) is 5.56 Å². The number of nitriles is 1. The first-order valence-electron chi connectivity index (χ1n) is 8.83. The van der Waals surface area contributed by atoms with Crippen molar-refractivity contribution < 1.29 is 13.9 Å². The van der Waals surface area contributed by atoms with Gasteiger partial charge in [0.15, 0.2) is 11.6 Å². The third-order valence-electron chi connectivity index (χ3n) is 4.15. The largest absolute Gasteiger partial charge is 0.451 e. The second-order valence-electron chi connectivity index (χ2n) is 6.59. The molecule has 0 bridgehead atoms. The fourth-order valence-electron chi connectivity index (χ4n) is 2.56. The Morgan fingerprint density at radius 2 is 2.17 bits per heavy atom. The van der Waals surface area contributed by atoms with E-state index in [9.17, 15) is 14.0 Å². The number of ether oxygens (including phenoxy) is 2. The van der Waals surface area contributed by atoms with Crippen LogP contribution >= 0.6 is 11.6 Å². The molecule has 1 aliphatic heterocycles. The van der Waals surface area contributed by atoms with Crippen LogP contribution in [0.5, 0.6) is 5.75 Å². The van der Waals surface area contributed by atoms with E-state index < -0.39 is 22.8 Å². The predicted molar refractivity (Wildman–Crippen MR) is 106 cm³/mol. The predicted octanol–water partition coefficient (Wildman–Crippen LogP) is 1.96. The van der Waals surface area contributed by atoms with Crippen LogP contribution in [0.3, 0.4) is 0 Å².